The number of nitrogens with zero attached hydrogens (tertiary/aromatic N) is 3. The highest BCUT2D eigenvalue weighted by Crippen LogP contribution is 2.22. The Morgan fingerprint density at radius 3 is 2.81 bits per heavy atom. The van der Waals surface area contributed by atoms with Gasteiger partial charge in [0, 0.05) is 25.8 Å². The minimum Gasteiger partial charge on any atom is -0.338 e. The van der Waals surface area contributed by atoms with E-state index in [1.807, 2.05) is 29.4 Å². The summed E-state index contributed by atoms with van der Waals surface area (Å²) in [5, 5.41) is 0.813. The maximum absolute atomic E-state index is 13.4. The van der Waals surface area contributed by atoms with E-state index in [2.05, 4.69) is 41.2 Å². The number of likely N-dealkylation sites (tertiary alicyclic amines) is 1. The van der Waals surface area contributed by atoms with Gasteiger partial charge in [-0.15, -0.1) is 11.8 Å². The van der Waals surface area contributed by atoms with Crippen molar-refractivity contribution in [2.45, 2.75) is 24.3 Å². The Bertz CT molecular complexity index is 737. The molecule has 1 aromatic heterocycles. The zero-order valence-electron chi connectivity index (χ0n) is 16.3. The molecule has 0 radical (unpaired) electrons. The third-order valence-electron chi connectivity index (χ3n) is 5.20. The first-order chi connectivity index (χ1) is 13.2. The summed E-state index contributed by atoms with van der Waals surface area (Å²) in [5.74, 6) is 0.648. The highest BCUT2D eigenvalue weighted by molar-refractivity contribution is 7.98. The van der Waals surface area contributed by atoms with E-state index in [-0.39, 0.29) is 5.91 Å². The van der Waals surface area contributed by atoms with Crippen molar-refractivity contribution in [2.24, 2.45) is 5.92 Å². The topological polar surface area (TPSA) is 36.4 Å². The highest BCUT2D eigenvalue weighted by atomic mass is 32.2. The van der Waals surface area contributed by atoms with Crippen molar-refractivity contribution in [1.29, 1.82) is 0 Å². The fraction of sp³-hybridized carbons (Fsp3) is 0.455. The van der Waals surface area contributed by atoms with Crippen LogP contribution in [0, 0.1) is 5.92 Å². The normalized spacial score (nSPS) is 17.6. The average molecular weight is 384 g/mol. The number of pyridine rings is 1. The van der Waals surface area contributed by atoms with Crippen molar-refractivity contribution in [3.05, 3.63) is 59.8 Å². The molecule has 2 heterocycles. The number of piperidine rings is 1. The molecule has 0 aliphatic carbocycles. The molecule has 0 spiro atoms. The Balaban J connectivity index is 1.76. The maximum atomic E-state index is 13.4. The first-order valence-electron chi connectivity index (χ1n) is 9.68. The molecule has 1 aliphatic rings. The molecule has 1 amide bonds. The first-order valence-corrected chi connectivity index (χ1v) is 10.9. The minimum absolute atomic E-state index is 0.108. The van der Waals surface area contributed by atoms with E-state index in [4.69, 9.17) is 0 Å². The number of hydrogen-bond acceptors (Lipinski definition) is 4. The zero-order chi connectivity index (χ0) is 19.1. The Kier molecular flexibility index (Phi) is 7.30. The van der Waals surface area contributed by atoms with Crippen LogP contribution in [-0.2, 0) is 6.42 Å². The van der Waals surface area contributed by atoms with Gasteiger partial charge in [0.1, 0.15) is 5.03 Å². The number of carbonyl (C=O) groups is 1. The van der Waals surface area contributed by atoms with Gasteiger partial charge in [-0.25, -0.2) is 4.98 Å². The SMILES string of the molecule is CSc1ncccc1C(=O)N(CCc1ccccc1)CC1CCCN(C)C1. The fourth-order valence-electron chi connectivity index (χ4n) is 3.80. The van der Waals surface area contributed by atoms with Gasteiger partial charge in [-0.05, 0) is 62.7 Å². The van der Waals surface area contributed by atoms with Crippen molar-refractivity contribution in [1.82, 2.24) is 14.8 Å². The van der Waals surface area contributed by atoms with Gasteiger partial charge in [0.15, 0.2) is 0 Å². The Hall–Kier alpha value is -1.85. The van der Waals surface area contributed by atoms with Crippen molar-refractivity contribution in [2.75, 3.05) is 39.5 Å². The van der Waals surface area contributed by atoms with Gasteiger partial charge in [0.05, 0.1) is 5.56 Å². The molecule has 1 atom stereocenters. The van der Waals surface area contributed by atoms with Gasteiger partial charge in [-0.3, -0.25) is 4.79 Å². The molecule has 1 saturated heterocycles. The second kappa shape index (κ2) is 9.90. The van der Waals surface area contributed by atoms with Crippen LogP contribution in [0.5, 0.6) is 0 Å². The van der Waals surface area contributed by atoms with Crippen LogP contribution in [0.2, 0.25) is 0 Å². The van der Waals surface area contributed by atoms with E-state index in [0.29, 0.717) is 5.92 Å². The predicted molar refractivity (Wildman–Crippen MR) is 112 cm³/mol. The van der Waals surface area contributed by atoms with Gasteiger partial charge in [-0.1, -0.05) is 30.3 Å². The number of aromatic nitrogens is 1. The van der Waals surface area contributed by atoms with Crippen molar-refractivity contribution >= 4 is 17.7 Å². The number of benzene rings is 1. The van der Waals surface area contributed by atoms with Crippen LogP contribution < -0.4 is 0 Å². The first kappa shape index (κ1) is 19.9. The summed E-state index contributed by atoms with van der Waals surface area (Å²) in [4.78, 5) is 22.2. The third kappa shape index (κ3) is 5.56. The molecular weight excluding hydrogens is 354 g/mol. The van der Waals surface area contributed by atoms with Crippen LogP contribution in [-0.4, -0.2) is 60.2 Å². The summed E-state index contributed by atoms with van der Waals surface area (Å²) < 4.78 is 0. The summed E-state index contributed by atoms with van der Waals surface area (Å²) in [6.45, 7) is 3.79. The molecule has 4 nitrogen and oxygen atoms in total. The largest absolute Gasteiger partial charge is 0.338 e. The quantitative estimate of drug-likeness (QED) is 0.681. The molecule has 1 aromatic carbocycles. The number of amides is 1. The summed E-state index contributed by atoms with van der Waals surface area (Å²) in [5.41, 5.74) is 1.99. The van der Waals surface area contributed by atoms with E-state index in [1.54, 1.807) is 6.20 Å². The highest BCUT2D eigenvalue weighted by Gasteiger charge is 2.25. The molecule has 1 fully saturated rings. The lowest BCUT2D eigenvalue weighted by Crippen LogP contribution is -2.42. The average Bonchev–Trinajstić information content (AvgIpc) is 2.71. The molecule has 0 saturated carbocycles. The van der Waals surface area contributed by atoms with Gasteiger partial charge in [0.2, 0.25) is 0 Å². The van der Waals surface area contributed by atoms with Crippen molar-refractivity contribution in [3.63, 3.8) is 0 Å². The standard InChI is InChI=1S/C22H29N3OS/c1-24-14-7-10-19(16-24)17-25(15-12-18-8-4-3-5-9-18)22(26)20-11-6-13-23-21(20)27-2/h3-6,8-9,11,13,19H,7,10,12,14-17H2,1-2H3. The maximum Gasteiger partial charge on any atom is 0.256 e. The van der Waals surface area contributed by atoms with Crippen molar-refractivity contribution in [3.8, 4) is 0 Å². The molecule has 144 valence electrons. The van der Waals surface area contributed by atoms with Gasteiger partial charge >= 0.3 is 0 Å². The number of thioether (sulfide) groups is 1. The van der Waals surface area contributed by atoms with Crippen LogP contribution >= 0.6 is 11.8 Å². The molecule has 1 unspecified atom stereocenters. The summed E-state index contributed by atoms with van der Waals surface area (Å²) >= 11 is 1.54. The Morgan fingerprint density at radius 2 is 2.07 bits per heavy atom. The van der Waals surface area contributed by atoms with E-state index < -0.39 is 0 Å². The molecule has 27 heavy (non-hydrogen) atoms. The predicted octanol–water partition coefficient (Wildman–Crippen LogP) is 3.83. The van der Waals surface area contributed by atoms with Crippen LogP contribution in [0.15, 0.2) is 53.7 Å². The monoisotopic (exact) mass is 383 g/mol. The second-order valence-corrected chi connectivity index (χ2v) is 8.11. The number of rotatable bonds is 7. The Labute approximate surface area is 167 Å². The summed E-state index contributed by atoms with van der Waals surface area (Å²) in [7, 11) is 2.18. The third-order valence-corrected chi connectivity index (χ3v) is 5.91. The van der Waals surface area contributed by atoms with Crippen LogP contribution in [0.4, 0.5) is 0 Å². The van der Waals surface area contributed by atoms with Crippen LogP contribution in [0.3, 0.4) is 0 Å². The second-order valence-electron chi connectivity index (χ2n) is 7.32. The zero-order valence-corrected chi connectivity index (χ0v) is 17.1. The lowest BCUT2D eigenvalue weighted by Gasteiger charge is -2.34. The Morgan fingerprint density at radius 1 is 1.26 bits per heavy atom. The van der Waals surface area contributed by atoms with E-state index in [1.165, 1.54) is 30.2 Å². The summed E-state index contributed by atoms with van der Waals surface area (Å²) in [6.07, 6.45) is 7.02. The molecule has 0 N–H and O–H groups in total. The fourth-order valence-corrected chi connectivity index (χ4v) is 4.35. The molecule has 0 bridgehead atoms. The molecule has 1 aliphatic heterocycles. The minimum atomic E-state index is 0.108. The van der Waals surface area contributed by atoms with Crippen LogP contribution in [0.25, 0.3) is 0 Å². The van der Waals surface area contributed by atoms with E-state index in [0.717, 1.165) is 43.2 Å². The van der Waals surface area contributed by atoms with Gasteiger partial charge < -0.3 is 9.80 Å². The van der Waals surface area contributed by atoms with Gasteiger partial charge in [-0.2, -0.15) is 0 Å². The number of carbonyl (C=O) groups excluding carboxylic acids is 1. The molecular formula is C22H29N3OS. The van der Waals surface area contributed by atoms with E-state index in [9.17, 15) is 4.79 Å². The van der Waals surface area contributed by atoms with Crippen molar-refractivity contribution < 1.29 is 4.79 Å². The molecule has 2 aromatic rings. The number of hydrogen-bond donors (Lipinski definition) is 0. The van der Waals surface area contributed by atoms with Gasteiger partial charge in [0.25, 0.3) is 5.91 Å². The molecule has 5 heteroatoms. The lowest BCUT2D eigenvalue weighted by molar-refractivity contribution is 0.0689. The van der Waals surface area contributed by atoms with Crippen LogP contribution in [0.1, 0.15) is 28.8 Å². The van der Waals surface area contributed by atoms with E-state index >= 15 is 0 Å². The lowest BCUT2D eigenvalue weighted by atomic mass is 9.97. The summed E-state index contributed by atoms with van der Waals surface area (Å²) in [6, 6.07) is 14.2. The smallest absolute Gasteiger partial charge is 0.256 e. The molecule has 3 rings (SSSR count).